The van der Waals surface area contributed by atoms with Gasteiger partial charge in [0.15, 0.2) is 11.5 Å². The van der Waals surface area contributed by atoms with Crippen LogP contribution in [0.4, 0.5) is 5.69 Å². The van der Waals surface area contributed by atoms with E-state index in [-0.39, 0.29) is 0 Å². The summed E-state index contributed by atoms with van der Waals surface area (Å²) in [5.74, 6) is 1.63. The molecule has 0 aliphatic carbocycles. The molecule has 0 saturated carbocycles. The first kappa shape index (κ1) is 13.0. The Bertz CT molecular complexity index is 846. The van der Waals surface area contributed by atoms with Gasteiger partial charge in [0.1, 0.15) is 0 Å². The second-order valence-electron chi connectivity index (χ2n) is 5.37. The smallest absolute Gasteiger partial charge is 0.231 e. The second-order valence-corrected chi connectivity index (χ2v) is 5.37. The normalized spacial score (nSPS) is 12.6. The number of aryl methyl sites for hydroxylation is 1. The minimum absolute atomic E-state index is 0.306. The predicted octanol–water partition coefficient (Wildman–Crippen LogP) is 3.88. The van der Waals surface area contributed by atoms with E-state index in [9.17, 15) is 0 Å². The Morgan fingerprint density at radius 3 is 2.86 bits per heavy atom. The van der Waals surface area contributed by atoms with Gasteiger partial charge in [-0.3, -0.25) is 4.98 Å². The number of nitrogens with zero attached hydrogens (tertiary/aromatic N) is 1. The van der Waals surface area contributed by atoms with Gasteiger partial charge in [-0.2, -0.15) is 0 Å². The van der Waals surface area contributed by atoms with Crippen molar-refractivity contribution in [2.45, 2.75) is 13.5 Å². The molecule has 0 amide bonds. The van der Waals surface area contributed by atoms with Gasteiger partial charge in [-0.05, 0) is 36.8 Å². The topological polar surface area (TPSA) is 43.4 Å². The lowest BCUT2D eigenvalue weighted by atomic mass is 10.1. The van der Waals surface area contributed by atoms with Crippen molar-refractivity contribution in [2.24, 2.45) is 0 Å². The zero-order valence-electron chi connectivity index (χ0n) is 12.3. The largest absolute Gasteiger partial charge is 0.454 e. The average molecular weight is 292 g/mol. The van der Waals surface area contributed by atoms with E-state index >= 15 is 0 Å². The molecule has 0 spiro atoms. The van der Waals surface area contributed by atoms with Gasteiger partial charge in [-0.25, -0.2) is 0 Å². The minimum Gasteiger partial charge on any atom is -0.454 e. The van der Waals surface area contributed by atoms with Crippen LogP contribution in [0.25, 0.3) is 10.9 Å². The van der Waals surface area contributed by atoms with E-state index in [1.165, 1.54) is 0 Å². The van der Waals surface area contributed by atoms with Crippen LogP contribution < -0.4 is 14.8 Å². The van der Waals surface area contributed by atoms with Crippen LogP contribution in [0.5, 0.6) is 11.5 Å². The van der Waals surface area contributed by atoms with E-state index in [2.05, 4.69) is 28.5 Å². The van der Waals surface area contributed by atoms with E-state index in [1.54, 1.807) is 0 Å². The summed E-state index contributed by atoms with van der Waals surface area (Å²) in [6.45, 7) is 3.04. The van der Waals surface area contributed by atoms with Crippen LogP contribution in [0.15, 0.2) is 48.5 Å². The highest BCUT2D eigenvalue weighted by Gasteiger charge is 2.13. The minimum atomic E-state index is 0.306. The van der Waals surface area contributed by atoms with Crippen molar-refractivity contribution in [3.05, 3.63) is 59.8 Å². The molecule has 22 heavy (non-hydrogen) atoms. The van der Waals surface area contributed by atoms with Crippen molar-refractivity contribution in [3.63, 3.8) is 0 Å². The van der Waals surface area contributed by atoms with Crippen LogP contribution in [0, 0.1) is 6.92 Å². The van der Waals surface area contributed by atoms with E-state index in [1.807, 2.05) is 37.3 Å². The standard InChI is InChI=1S/C18H16N2O2/c1-12-8-16(14-4-2-3-5-15(14)20-12)19-10-13-6-7-17-18(9-13)22-11-21-17/h2-9H,10-11H2,1H3,(H,19,20). The third kappa shape index (κ3) is 2.33. The first-order valence-electron chi connectivity index (χ1n) is 7.28. The van der Waals surface area contributed by atoms with E-state index in [4.69, 9.17) is 9.47 Å². The fourth-order valence-electron chi connectivity index (χ4n) is 2.70. The van der Waals surface area contributed by atoms with Gasteiger partial charge in [0.05, 0.1) is 5.52 Å². The molecule has 4 nitrogen and oxygen atoms in total. The average Bonchev–Trinajstić information content (AvgIpc) is 3.00. The molecule has 110 valence electrons. The summed E-state index contributed by atoms with van der Waals surface area (Å²) in [5.41, 5.74) is 4.27. The maximum atomic E-state index is 5.42. The summed E-state index contributed by atoms with van der Waals surface area (Å²) >= 11 is 0. The van der Waals surface area contributed by atoms with E-state index in [0.29, 0.717) is 6.79 Å². The third-order valence-electron chi connectivity index (χ3n) is 3.76. The van der Waals surface area contributed by atoms with Gasteiger partial charge in [0, 0.05) is 23.3 Å². The zero-order valence-corrected chi connectivity index (χ0v) is 12.3. The molecule has 3 aromatic rings. The number of aromatic nitrogens is 1. The third-order valence-corrected chi connectivity index (χ3v) is 3.76. The molecular formula is C18H16N2O2. The molecule has 0 fully saturated rings. The summed E-state index contributed by atoms with van der Waals surface area (Å²) in [6, 6.07) is 16.3. The summed E-state index contributed by atoms with van der Waals surface area (Å²) in [4.78, 5) is 4.56. The molecule has 0 atom stereocenters. The Morgan fingerprint density at radius 2 is 1.91 bits per heavy atom. The van der Waals surface area contributed by atoms with Gasteiger partial charge < -0.3 is 14.8 Å². The Morgan fingerprint density at radius 1 is 1.05 bits per heavy atom. The number of fused-ring (bicyclic) bond motifs is 2. The molecule has 4 rings (SSSR count). The summed E-state index contributed by atoms with van der Waals surface area (Å²) in [5, 5.41) is 4.63. The monoisotopic (exact) mass is 292 g/mol. The molecule has 2 heterocycles. The second kappa shape index (κ2) is 5.22. The molecule has 1 aliphatic rings. The highest BCUT2D eigenvalue weighted by molar-refractivity contribution is 5.91. The number of pyridine rings is 1. The van der Waals surface area contributed by atoms with E-state index in [0.717, 1.165) is 45.9 Å². The molecule has 2 aromatic carbocycles. The van der Waals surface area contributed by atoms with Crippen LogP contribution in [0.1, 0.15) is 11.3 Å². The van der Waals surface area contributed by atoms with Crippen LogP contribution >= 0.6 is 0 Å². The number of hydrogen-bond donors (Lipinski definition) is 1. The van der Waals surface area contributed by atoms with Crippen molar-refractivity contribution in [3.8, 4) is 11.5 Å². The highest BCUT2D eigenvalue weighted by atomic mass is 16.7. The van der Waals surface area contributed by atoms with Crippen LogP contribution in [-0.2, 0) is 6.54 Å². The van der Waals surface area contributed by atoms with E-state index < -0.39 is 0 Å². The van der Waals surface area contributed by atoms with Gasteiger partial charge >= 0.3 is 0 Å². The predicted molar refractivity (Wildman–Crippen MR) is 86.4 cm³/mol. The quantitative estimate of drug-likeness (QED) is 0.795. The molecule has 4 heteroatoms. The number of ether oxygens (including phenoxy) is 2. The molecule has 0 saturated heterocycles. The molecule has 1 aliphatic heterocycles. The number of rotatable bonds is 3. The van der Waals surface area contributed by atoms with Crippen LogP contribution in [0.2, 0.25) is 0 Å². The van der Waals surface area contributed by atoms with Crippen molar-refractivity contribution >= 4 is 16.6 Å². The summed E-state index contributed by atoms with van der Waals surface area (Å²) in [7, 11) is 0. The number of benzene rings is 2. The zero-order chi connectivity index (χ0) is 14.9. The Balaban J connectivity index is 1.61. The first-order chi connectivity index (χ1) is 10.8. The Labute approximate surface area is 128 Å². The van der Waals surface area contributed by atoms with Gasteiger partial charge in [-0.15, -0.1) is 0 Å². The van der Waals surface area contributed by atoms with Gasteiger partial charge in [-0.1, -0.05) is 24.3 Å². The van der Waals surface area contributed by atoms with Gasteiger partial charge in [0.2, 0.25) is 6.79 Å². The SMILES string of the molecule is Cc1cc(NCc2ccc3c(c2)OCO3)c2ccccc2n1. The Hall–Kier alpha value is -2.75. The number of hydrogen-bond acceptors (Lipinski definition) is 4. The molecular weight excluding hydrogens is 276 g/mol. The molecule has 0 unspecified atom stereocenters. The maximum absolute atomic E-state index is 5.42. The molecule has 1 N–H and O–H groups in total. The fourth-order valence-corrected chi connectivity index (χ4v) is 2.70. The Kier molecular flexibility index (Phi) is 3.07. The molecule has 0 bridgehead atoms. The molecule has 1 aromatic heterocycles. The first-order valence-corrected chi connectivity index (χ1v) is 7.28. The summed E-state index contributed by atoms with van der Waals surface area (Å²) in [6.07, 6.45) is 0. The van der Waals surface area contributed by atoms with Crippen molar-refractivity contribution in [1.29, 1.82) is 0 Å². The highest BCUT2D eigenvalue weighted by Crippen LogP contribution is 2.33. The van der Waals surface area contributed by atoms with Crippen molar-refractivity contribution < 1.29 is 9.47 Å². The lowest BCUT2D eigenvalue weighted by Crippen LogP contribution is -2.01. The van der Waals surface area contributed by atoms with Crippen LogP contribution in [0.3, 0.4) is 0 Å². The van der Waals surface area contributed by atoms with Crippen molar-refractivity contribution in [2.75, 3.05) is 12.1 Å². The summed E-state index contributed by atoms with van der Waals surface area (Å²) < 4.78 is 10.8. The lowest BCUT2D eigenvalue weighted by Gasteiger charge is -2.11. The van der Waals surface area contributed by atoms with Gasteiger partial charge in [0.25, 0.3) is 0 Å². The van der Waals surface area contributed by atoms with Crippen molar-refractivity contribution in [1.82, 2.24) is 4.98 Å². The fraction of sp³-hybridized carbons (Fsp3) is 0.167. The lowest BCUT2D eigenvalue weighted by molar-refractivity contribution is 0.174. The maximum Gasteiger partial charge on any atom is 0.231 e. The number of para-hydroxylation sites is 1. The van der Waals surface area contributed by atoms with Crippen LogP contribution in [-0.4, -0.2) is 11.8 Å². The number of nitrogens with one attached hydrogen (secondary N) is 1. The molecule has 0 radical (unpaired) electrons. The number of anilines is 1.